The second-order valence-electron chi connectivity index (χ2n) is 6.17. The van der Waals surface area contributed by atoms with Crippen LogP contribution in [0.5, 0.6) is 23.0 Å². The molecule has 0 amide bonds. The SMILES string of the molecule is COc1cc(/C=N\n2cnc3c([nH]c4cc(OC)c(OC)cc43)c2=O)ccc1O. The van der Waals surface area contributed by atoms with E-state index in [-0.39, 0.29) is 11.3 Å². The lowest BCUT2D eigenvalue weighted by atomic mass is 10.2. The minimum Gasteiger partial charge on any atom is -0.504 e. The first kappa shape index (κ1) is 18.4. The van der Waals surface area contributed by atoms with Crippen LogP contribution >= 0.6 is 0 Å². The van der Waals surface area contributed by atoms with E-state index in [2.05, 4.69) is 15.1 Å². The fourth-order valence-electron chi connectivity index (χ4n) is 3.06. The molecule has 0 aliphatic heterocycles. The molecule has 4 aromatic rings. The fourth-order valence-corrected chi connectivity index (χ4v) is 3.06. The molecule has 0 saturated heterocycles. The van der Waals surface area contributed by atoms with Crippen LogP contribution in [0.15, 0.2) is 46.6 Å². The van der Waals surface area contributed by atoms with Crippen molar-refractivity contribution in [2.45, 2.75) is 0 Å². The lowest BCUT2D eigenvalue weighted by molar-refractivity contribution is 0.356. The zero-order valence-electron chi connectivity index (χ0n) is 16.0. The number of H-pyrrole nitrogens is 1. The molecule has 29 heavy (non-hydrogen) atoms. The van der Waals surface area contributed by atoms with Gasteiger partial charge in [-0.05, 0) is 29.8 Å². The summed E-state index contributed by atoms with van der Waals surface area (Å²) in [6, 6.07) is 8.28. The van der Waals surface area contributed by atoms with Crippen LogP contribution in [0, 0.1) is 0 Å². The Bertz CT molecular complexity index is 1310. The van der Waals surface area contributed by atoms with E-state index in [0.717, 1.165) is 10.1 Å². The van der Waals surface area contributed by atoms with Crippen LogP contribution in [0.2, 0.25) is 0 Å². The van der Waals surface area contributed by atoms with Crippen LogP contribution in [0.3, 0.4) is 0 Å². The number of rotatable bonds is 5. The fraction of sp³-hybridized carbons (Fsp3) is 0.150. The predicted octanol–water partition coefficient (Wildman–Crippen LogP) is 2.49. The van der Waals surface area contributed by atoms with Crippen LogP contribution < -0.4 is 19.8 Å². The summed E-state index contributed by atoms with van der Waals surface area (Å²) < 4.78 is 16.8. The number of ether oxygens (including phenoxy) is 3. The Labute approximate surface area is 164 Å². The Morgan fingerprint density at radius 3 is 2.52 bits per heavy atom. The van der Waals surface area contributed by atoms with Gasteiger partial charge in [-0.25, -0.2) is 4.98 Å². The summed E-state index contributed by atoms with van der Waals surface area (Å²) >= 11 is 0. The molecule has 0 bridgehead atoms. The normalized spacial score (nSPS) is 11.4. The van der Waals surface area contributed by atoms with Crippen LogP contribution in [-0.2, 0) is 0 Å². The number of nitrogens with zero attached hydrogens (tertiary/aromatic N) is 3. The maximum Gasteiger partial charge on any atom is 0.298 e. The second-order valence-corrected chi connectivity index (χ2v) is 6.17. The number of methoxy groups -OCH3 is 3. The molecule has 2 heterocycles. The average Bonchev–Trinajstić information content (AvgIpc) is 3.11. The lowest BCUT2D eigenvalue weighted by Gasteiger charge is -2.06. The molecule has 0 radical (unpaired) electrons. The van der Waals surface area contributed by atoms with Crippen molar-refractivity contribution in [3.63, 3.8) is 0 Å². The molecule has 4 rings (SSSR count). The van der Waals surface area contributed by atoms with Gasteiger partial charge >= 0.3 is 0 Å². The molecule has 148 valence electrons. The third-order valence-corrected chi connectivity index (χ3v) is 4.53. The van der Waals surface area contributed by atoms with Crippen molar-refractivity contribution >= 4 is 28.2 Å². The molecule has 0 aliphatic rings. The van der Waals surface area contributed by atoms with Crippen molar-refractivity contribution in [3.8, 4) is 23.0 Å². The molecule has 2 N–H and O–H groups in total. The van der Waals surface area contributed by atoms with E-state index < -0.39 is 0 Å². The Kier molecular flexibility index (Phi) is 4.55. The largest absolute Gasteiger partial charge is 0.504 e. The highest BCUT2D eigenvalue weighted by atomic mass is 16.5. The zero-order chi connectivity index (χ0) is 20.5. The average molecular weight is 394 g/mol. The summed E-state index contributed by atoms with van der Waals surface area (Å²) in [5.41, 5.74) is 1.83. The van der Waals surface area contributed by atoms with Gasteiger partial charge in [0.05, 0.1) is 33.1 Å². The first-order valence-corrected chi connectivity index (χ1v) is 8.62. The molecule has 0 spiro atoms. The monoisotopic (exact) mass is 394 g/mol. The van der Waals surface area contributed by atoms with Crippen molar-refractivity contribution in [2.75, 3.05) is 21.3 Å². The number of aromatic nitrogens is 3. The molecule has 9 heteroatoms. The molecule has 0 fully saturated rings. The number of phenols is 1. The van der Waals surface area contributed by atoms with Crippen LogP contribution in [0.4, 0.5) is 0 Å². The Morgan fingerprint density at radius 2 is 1.79 bits per heavy atom. The number of hydrogen-bond acceptors (Lipinski definition) is 7. The van der Waals surface area contributed by atoms with E-state index >= 15 is 0 Å². The van der Waals surface area contributed by atoms with E-state index in [1.165, 1.54) is 25.7 Å². The molecular formula is C20H18N4O5. The first-order valence-electron chi connectivity index (χ1n) is 8.62. The van der Waals surface area contributed by atoms with Gasteiger partial charge in [-0.2, -0.15) is 9.78 Å². The van der Waals surface area contributed by atoms with Gasteiger partial charge in [0.2, 0.25) is 0 Å². The van der Waals surface area contributed by atoms with Gasteiger partial charge in [0.1, 0.15) is 17.4 Å². The van der Waals surface area contributed by atoms with E-state index in [1.807, 2.05) is 0 Å². The predicted molar refractivity (Wildman–Crippen MR) is 109 cm³/mol. The topological polar surface area (TPSA) is 111 Å². The number of fused-ring (bicyclic) bond motifs is 3. The Morgan fingerprint density at radius 1 is 1.07 bits per heavy atom. The number of aromatic amines is 1. The van der Waals surface area contributed by atoms with Gasteiger partial charge in [-0.3, -0.25) is 4.79 Å². The van der Waals surface area contributed by atoms with Gasteiger partial charge < -0.3 is 24.3 Å². The summed E-state index contributed by atoms with van der Waals surface area (Å²) in [5.74, 6) is 1.43. The van der Waals surface area contributed by atoms with Gasteiger partial charge in [-0.15, -0.1) is 0 Å². The van der Waals surface area contributed by atoms with E-state index in [1.54, 1.807) is 38.5 Å². The molecular weight excluding hydrogens is 376 g/mol. The minimum absolute atomic E-state index is 0.0221. The summed E-state index contributed by atoms with van der Waals surface area (Å²) in [6.45, 7) is 0. The van der Waals surface area contributed by atoms with Crippen molar-refractivity contribution in [1.82, 2.24) is 14.6 Å². The van der Waals surface area contributed by atoms with E-state index in [0.29, 0.717) is 39.4 Å². The highest BCUT2D eigenvalue weighted by Gasteiger charge is 2.14. The molecule has 0 saturated carbocycles. The molecule has 2 aromatic heterocycles. The Balaban J connectivity index is 1.80. The van der Waals surface area contributed by atoms with Gasteiger partial charge in [0.15, 0.2) is 23.0 Å². The lowest BCUT2D eigenvalue weighted by Crippen LogP contribution is -2.17. The third kappa shape index (κ3) is 3.12. The molecule has 9 nitrogen and oxygen atoms in total. The quantitative estimate of drug-likeness (QED) is 0.503. The van der Waals surface area contributed by atoms with Gasteiger partial charge in [-0.1, -0.05) is 0 Å². The van der Waals surface area contributed by atoms with E-state index in [9.17, 15) is 9.90 Å². The maximum atomic E-state index is 12.9. The molecule has 0 unspecified atom stereocenters. The molecule has 0 aliphatic carbocycles. The van der Waals surface area contributed by atoms with Crippen molar-refractivity contribution < 1.29 is 19.3 Å². The number of aromatic hydroxyl groups is 1. The Hall–Kier alpha value is -4.01. The van der Waals surface area contributed by atoms with Crippen molar-refractivity contribution in [2.24, 2.45) is 5.10 Å². The molecule has 2 aromatic carbocycles. The number of nitrogens with one attached hydrogen (secondary N) is 1. The first-order chi connectivity index (χ1) is 14.0. The van der Waals surface area contributed by atoms with Gasteiger partial charge in [0, 0.05) is 11.5 Å². The van der Waals surface area contributed by atoms with Crippen LogP contribution in [0.25, 0.3) is 21.9 Å². The van der Waals surface area contributed by atoms with Crippen LogP contribution in [0.1, 0.15) is 5.56 Å². The van der Waals surface area contributed by atoms with Crippen molar-refractivity contribution in [3.05, 3.63) is 52.6 Å². The summed E-state index contributed by atoms with van der Waals surface area (Å²) in [4.78, 5) is 20.3. The number of benzene rings is 2. The summed E-state index contributed by atoms with van der Waals surface area (Å²) in [6.07, 6.45) is 2.83. The standard InChI is InChI=1S/C20H18N4O5/c1-27-15-6-11(4-5-14(15)25)9-22-24-10-21-18-12-7-16(28-2)17(29-3)8-13(12)23-19(18)20(24)26/h4-10,23,25H,1-3H3/b22-9-. The summed E-state index contributed by atoms with van der Waals surface area (Å²) in [5, 5.41) is 14.6. The zero-order valence-corrected chi connectivity index (χ0v) is 16.0. The number of phenolic OH excluding ortho intramolecular Hbond substituents is 1. The molecule has 0 atom stereocenters. The maximum absolute atomic E-state index is 12.9. The smallest absolute Gasteiger partial charge is 0.298 e. The van der Waals surface area contributed by atoms with Gasteiger partial charge in [0.25, 0.3) is 5.56 Å². The number of hydrogen-bond donors (Lipinski definition) is 2. The highest BCUT2D eigenvalue weighted by molar-refractivity contribution is 6.05. The summed E-state index contributed by atoms with van der Waals surface area (Å²) in [7, 11) is 4.55. The van der Waals surface area contributed by atoms with Crippen molar-refractivity contribution in [1.29, 1.82) is 0 Å². The van der Waals surface area contributed by atoms with Crippen LogP contribution in [-0.4, -0.2) is 47.3 Å². The highest BCUT2D eigenvalue weighted by Crippen LogP contribution is 2.34. The minimum atomic E-state index is -0.355. The third-order valence-electron chi connectivity index (χ3n) is 4.53. The second kappa shape index (κ2) is 7.19. The van der Waals surface area contributed by atoms with E-state index in [4.69, 9.17) is 14.2 Å².